The van der Waals surface area contributed by atoms with E-state index in [4.69, 9.17) is 4.74 Å². The van der Waals surface area contributed by atoms with Crippen LogP contribution in [0.15, 0.2) is 78.3 Å². The average molecular weight is 632 g/mol. The maximum Gasteiger partial charge on any atom is 0.410 e. The van der Waals surface area contributed by atoms with Crippen LogP contribution in [0.1, 0.15) is 61.7 Å². The van der Waals surface area contributed by atoms with Gasteiger partial charge in [-0.05, 0) is 68.9 Å². The number of benzene rings is 2. The third kappa shape index (κ3) is 11.7. The Morgan fingerprint density at radius 2 is 1.53 bits per heavy atom. The van der Waals surface area contributed by atoms with Crippen molar-refractivity contribution in [3.63, 3.8) is 0 Å². The number of hydrazine groups is 1. The Kier molecular flexibility index (Phi) is 11.7. The third-order valence-corrected chi connectivity index (χ3v) is 7.47. The van der Waals surface area contributed by atoms with E-state index in [0.717, 1.165) is 53.1 Å². The first-order valence-corrected chi connectivity index (χ1v) is 15.7. The Balaban J connectivity index is 1.15. The minimum atomic E-state index is -0.564. The van der Waals surface area contributed by atoms with Crippen LogP contribution in [-0.2, 0) is 40.1 Å². The summed E-state index contributed by atoms with van der Waals surface area (Å²) in [5.74, 6) is 0.351. The van der Waals surface area contributed by atoms with Gasteiger partial charge in [0.05, 0.1) is 12.8 Å². The number of hydrogen-bond acceptors (Lipinski definition) is 9. The van der Waals surface area contributed by atoms with Crippen LogP contribution in [0.5, 0.6) is 0 Å². The van der Waals surface area contributed by atoms with E-state index < -0.39 is 11.7 Å². The zero-order valence-corrected chi connectivity index (χ0v) is 27.0. The van der Waals surface area contributed by atoms with Gasteiger partial charge in [0.25, 0.3) is 0 Å². The number of hydrogen-bond donors (Lipinski definition) is 4. The SMILES string of the molecule is CN(Cc1cccc(CC(=O)Nc2nnc(CCCCC3=CC=C(NC(=O)Cc4ccccc4)NN3)s2)c1)C(=O)OC(C)(C)C. The van der Waals surface area contributed by atoms with Gasteiger partial charge in [-0.25, -0.2) is 4.79 Å². The molecule has 238 valence electrons. The topological polar surface area (TPSA) is 138 Å². The summed E-state index contributed by atoms with van der Waals surface area (Å²) in [6.07, 6.45) is 7.36. The Bertz CT molecular complexity index is 1530. The zero-order valence-electron chi connectivity index (χ0n) is 26.2. The molecule has 3 aromatic rings. The molecule has 2 heterocycles. The fourth-order valence-electron chi connectivity index (χ4n) is 4.47. The molecule has 0 unspecified atom stereocenters. The first kappa shape index (κ1) is 33.2. The van der Waals surface area contributed by atoms with Gasteiger partial charge < -0.3 is 25.7 Å². The lowest BCUT2D eigenvalue weighted by molar-refractivity contribution is -0.120. The van der Waals surface area contributed by atoms with Crippen LogP contribution in [0.2, 0.25) is 0 Å². The van der Waals surface area contributed by atoms with E-state index in [0.29, 0.717) is 23.9 Å². The summed E-state index contributed by atoms with van der Waals surface area (Å²) < 4.78 is 5.41. The standard InChI is InChI=1S/C33H41N7O4S/c1-33(2,3)44-32(43)40(4)22-25-14-10-13-24(19-25)21-29(42)35-31-39-38-30(45-31)16-9-8-15-26-17-18-27(37-36-26)34-28(41)20-23-11-6-5-7-12-23/h5-7,10-14,17-19,36-37H,8-9,15-16,20-22H2,1-4H3,(H,34,41)(H,35,39,42). The van der Waals surface area contributed by atoms with Crippen LogP contribution in [0.25, 0.3) is 0 Å². The van der Waals surface area contributed by atoms with Crippen molar-refractivity contribution >= 4 is 34.4 Å². The lowest BCUT2D eigenvalue weighted by Crippen LogP contribution is -2.41. The average Bonchev–Trinajstić information content (AvgIpc) is 3.42. The number of ether oxygens (including phenoxy) is 1. The summed E-state index contributed by atoms with van der Waals surface area (Å²) in [7, 11) is 1.69. The zero-order chi connectivity index (χ0) is 32.2. The summed E-state index contributed by atoms with van der Waals surface area (Å²) in [6, 6.07) is 17.2. The highest BCUT2D eigenvalue weighted by Crippen LogP contribution is 2.19. The van der Waals surface area contributed by atoms with E-state index in [1.165, 1.54) is 16.2 Å². The molecule has 0 aliphatic carbocycles. The van der Waals surface area contributed by atoms with Crippen molar-refractivity contribution in [1.82, 2.24) is 31.3 Å². The van der Waals surface area contributed by atoms with Crippen molar-refractivity contribution < 1.29 is 19.1 Å². The molecule has 11 nitrogen and oxygen atoms in total. The number of carbonyl (C=O) groups is 3. The summed E-state index contributed by atoms with van der Waals surface area (Å²) in [5.41, 5.74) is 9.35. The molecule has 1 aliphatic rings. The second kappa shape index (κ2) is 15.8. The van der Waals surface area contributed by atoms with Crippen LogP contribution in [-0.4, -0.2) is 45.7 Å². The van der Waals surface area contributed by atoms with Crippen molar-refractivity contribution in [2.45, 2.75) is 71.4 Å². The highest BCUT2D eigenvalue weighted by molar-refractivity contribution is 7.15. The summed E-state index contributed by atoms with van der Waals surface area (Å²) in [5, 5.41) is 15.4. The van der Waals surface area contributed by atoms with Gasteiger partial charge in [0.2, 0.25) is 16.9 Å². The highest BCUT2D eigenvalue weighted by Gasteiger charge is 2.20. The van der Waals surface area contributed by atoms with Crippen molar-refractivity contribution in [1.29, 1.82) is 0 Å². The summed E-state index contributed by atoms with van der Waals surface area (Å²) in [6.45, 7) is 5.86. The third-order valence-electron chi connectivity index (χ3n) is 6.57. The molecule has 0 atom stereocenters. The van der Waals surface area contributed by atoms with Crippen LogP contribution in [0, 0.1) is 0 Å². The van der Waals surface area contributed by atoms with E-state index in [1.807, 2.05) is 87.5 Å². The van der Waals surface area contributed by atoms with Gasteiger partial charge in [-0.15, -0.1) is 10.2 Å². The first-order chi connectivity index (χ1) is 21.5. The van der Waals surface area contributed by atoms with Crippen LogP contribution >= 0.6 is 11.3 Å². The summed E-state index contributed by atoms with van der Waals surface area (Å²) >= 11 is 1.38. The maximum atomic E-state index is 12.7. The molecular formula is C33H41N7O4S. The number of aromatic nitrogens is 2. The van der Waals surface area contributed by atoms with Gasteiger partial charge in [0.15, 0.2) is 0 Å². The Labute approximate surface area is 268 Å². The molecule has 0 saturated carbocycles. The van der Waals surface area contributed by atoms with Gasteiger partial charge >= 0.3 is 6.09 Å². The number of nitrogens with one attached hydrogen (secondary N) is 4. The number of allylic oxidation sites excluding steroid dienone is 3. The number of carbonyl (C=O) groups excluding carboxylic acids is 3. The molecule has 0 radical (unpaired) electrons. The molecule has 0 saturated heterocycles. The Morgan fingerprint density at radius 3 is 2.27 bits per heavy atom. The van der Waals surface area contributed by atoms with Gasteiger partial charge in [0.1, 0.15) is 16.4 Å². The minimum absolute atomic E-state index is 0.0828. The Hall–Kier alpha value is -4.71. The minimum Gasteiger partial charge on any atom is -0.444 e. The number of rotatable bonds is 13. The van der Waals surface area contributed by atoms with Crippen LogP contribution in [0.3, 0.4) is 0 Å². The number of amides is 3. The van der Waals surface area contributed by atoms with E-state index >= 15 is 0 Å². The van der Waals surface area contributed by atoms with E-state index in [9.17, 15) is 14.4 Å². The lowest BCUT2D eigenvalue weighted by atomic mass is 10.1. The van der Waals surface area contributed by atoms with Crippen molar-refractivity contribution in [2.24, 2.45) is 0 Å². The van der Waals surface area contributed by atoms with Crippen LogP contribution < -0.4 is 21.5 Å². The van der Waals surface area contributed by atoms with E-state index in [2.05, 4.69) is 31.7 Å². The normalized spacial score (nSPS) is 12.6. The van der Waals surface area contributed by atoms with Gasteiger partial charge in [-0.2, -0.15) is 0 Å². The number of anilines is 1. The van der Waals surface area contributed by atoms with Crippen molar-refractivity contribution in [3.05, 3.63) is 100.0 Å². The number of aryl methyl sites for hydroxylation is 1. The first-order valence-electron chi connectivity index (χ1n) is 14.9. The van der Waals surface area contributed by atoms with Gasteiger partial charge in [-0.1, -0.05) is 65.9 Å². The van der Waals surface area contributed by atoms with Crippen molar-refractivity contribution in [2.75, 3.05) is 12.4 Å². The molecule has 0 fully saturated rings. The second-order valence-corrected chi connectivity index (χ2v) is 12.9. The smallest absolute Gasteiger partial charge is 0.410 e. The predicted molar refractivity (Wildman–Crippen MR) is 175 cm³/mol. The molecule has 1 aromatic heterocycles. The van der Waals surface area contributed by atoms with Gasteiger partial charge in [0, 0.05) is 25.7 Å². The monoisotopic (exact) mass is 631 g/mol. The van der Waals surface area contributed by atoms with Crippen molar-refractivity contribution in [3.8, 4) is 0 Å². The predicted octanol–water partition coefficient (Wildman–Crippen LogP) is 4.99. The molecular weight excluding hydrogens is 590 g/mol. The maximum absolute atomic E-state index is 12.7. The number of nitrogens with zero attached hydrogens (tertiary/aromatic N) is 3. The molecule has 3 amide bonds. The molecule has 4 rings (SSSR count). The highest BCUT2D eigenvalue weighted by atomic mass is 32.1. The molecule has 1 aliphatic heterocycles. The van der Waals surface area contributed by atoms with Gasteiger partial charge in [-0.3, -0.25) is 15.0 Å². The molecule has 12 heteroatoms. The molecule has 0 spiro atoms. The quantitative estimate of drug-likeness (QED) is 0.194. The Morgan fingerprint density at radius 1 is 0.844 bits per heavy atom. The summed E-state index contributed by atoms with van der Waals surface area (Å²) in [4.78, 5) is 38.7. The van der Waals surface area contributed by atoms with E-state index in [1.54, 1.807) is 7.05 Å². The number of unbranched alkanes of at least 4 members (excludes halogenated alkanes) is 1. The molecule has 2 aromatic carbocycles. The fourth-order valence-corrected chi connectivity index (χ4v) is 5.27. The largest absolute Gasteiger partial charge is 0.444 e. The second-order valence-electron chi connectivity index (χ2n) is 11.8. The lowest BCUT2D eigenvalue weighted by Gasteiger charge is -2.24. The molecule has 0 bridgehead atoms. The van der Waals surface area contributed by atoms with Crippen LogP contribution in [0.4, 0.5) is 9.93 Å². The molecule has 45 heavy (non-hydrogen) atoms. The fraction of sp³-hybridized carbons (Fsp3) is 0.364. The molecule has 4 N–H and O–H groups in total. The van der Waals surface area contributed by atoms with E-state index in [-0.39, 0.29) is 18.2 Å².